The summed E-state index contributed by atoms with van der Waals surface area (Å²) in [5, 5.41) is 24.0. The van der Waals surface area contributed by atoms with Gasteiger partial charge in [0, 0.05) is 13.7 Å². The zero-order valence-corrected chi connectivity index (χ0v) is 20.3. The Labute approximate surface area is 204 Å². The quantitative estimate of drug-likeness (QED) is 0.215. The molecule has 202 valence electrons. The van der Waals surface area contributed by atoms with Gasteiger partial charge in [-0.3, -0.25) is 4.98 Å². The molecule has 0 saturated carbocycles. The molecule has 0 amide bonds. The molecule has 13 heteroatoms. The molecule has 0 radical (unpaired) electrons. The Balaban J connectivity index is 1.92. The summed E-state index contributed by atoms with van der Waals surface area (Å²) in [6.45, 7) is 2.81. The lowest BCUT2D eigenvalue weighted by Crippen LogP contribution is -2.61. The predicted molar refractivity (Wildman–Crippen MR) is 122 cm³/mol. The second kappa shape index (κ2) is 15.5. The maximum absolute atomic E-state index is 14.6. The van der Waals surface area contributed by atoms with E-state index in [1.54, 1.807) is 0 Å². The van der Waals surface area contributed by atoms with E-state index in [4.69, 9.17) is 29.4 Å². The van der Waals surface area contributed by atoms with Crippen molar-refractivity contribution in [2.24, 2.45) is 5.73 Å². The first-order valence-electron chi connectivity index (χ1n) is 11.7. The minimum absolute atomic E-state index is 0.0223. The Bertz CT molecular complexity index is 722. The second-order valence-corrected chi connectivity index (χ2v) is 8.17. The summed E-state index contributed by atoms with van der Waals surface area (Å²) in [6.07, 6.45) is -0.0991. The first kappa shape index (κ1) is 29.6. The molecule has 1 aromatic rings. The second-order valence-electron chi connectivity index (χ2n) is 8.17. The number of hydrogen-bond donors (Lipinski definition) is 4. The molecule has 5 N–H and O–H groups in total. The van der Waals surface area contributed by atoms with Gasteiger partial charge in [-0.1, -0.05) is 13.3 Å². The van der Waals surface area contributed by atoms with E-state index in [0.717, 1.165) is 12.6 Å². The molecule has 1 aliphatic rings. The number of aliphatic hydroxyl groups excluding tert-OH is 2. The monoisotopic (exact) mass is 508 g/mol. The van der Waals surface area contributed by atoms with E-state index in [2.05, 4.69) is 15.3 Å². The zero-order chi connectivity index (χ0) is 25.7. The standard InChI is InChI=1S/C22H38F2N4O7/c1-3-4-15-19(21(30)20(29)16(35-15)13-31-2)28-18-12-26-11-17(27-18)22(23,24)14-34-10-9-33-8-7-32-6-5-25/h11-12,15-16,19-21,29-30H,3-10,13-14,25H2,1-2H3,(H,27,28)/t15-,16-,19+,20+,21-/m1/s1. The van der Waals surface area contributed by atoms with Crippen molar-refractivity contribution >= 4 is 5.82 Å². The highest BCUT2D eigenvalue weighted by atomic mass is 19.3. The van der Waals surface area contributed by atoms with E-state index < -0.39 is 48.7 Å². The number of aromatic nitrogens is 2. The molecule has 2 rings (SSSR count). The smallest absolute Gasteiger partial charge is 0.314 e. The van der Waals surface area contributed by atoms with E-state index in [1.807, 2.05) is 6.92 Å². The van der Waals surface area contributed by atoms with Crippen molar-refractivity contribution in [1.29, 1.82) is 0 Å². The summed E-state index contributed by atoms with van der Waals surface area (Å²) in [5.74, 6) is -3.38. The van der Waals surface area contributed by atoms with Crippen molar-refractivity contribution in [2.45, 2.75) is 56.1 Å². The highest BCUT2D eigenvalue weighted by molar-refractivity contribution is 5.35. The Morgan fingerprint density at radius 1 is 1.06 bits per heavy atom. The molecule has 1 aromatic heterocycles. The van der Waals surface area contributed by atoms with Crippen LogP contribution in [0.2, 0.25) is 0 Å². The van der Waals surface area contributed by atoms with Crippen LogP contribution in [0.15, 0.2) is 12.4 Å². The van der Waals surface area contributed by atoms with Gasteiger partial charge in [-0.15, -0.1) is 0 Å². The molecule has 0 aliphatic carbocycles. The van der Waals surface area contributed by atoms with Crippen LogP contribution in [-0.4, -0.2) is 111 Å². The van der Waals surface area contributed by atoms with Gasteiger partial charge in [0.1, 0.15) is 36.4 Å². The van der Waals surface area contributed by atoms with Gasteiger partial charge in [0.05, 0.1) is 64.2 Å². The number of rotatable bonds is 17. The number of nitrogens with zero attached hydrogens (tertiary/aromatic N) is 2. The van der Waals surface area contributed by atoms with Gasteiger partial charge in [-0.25, -0.2) is 4.98 Å². The lowest BCUT2D eigenvalue weighted by molar-refractivity contribution is -0.189. The lowest BCUT2D eigenvalue weighted by atomic mass is 9.90. The third-order valence-electron chi connectivity index (χ3n) is 5.37. The third-order valence-corrected chi connectivity index (χ3v) is 5.37. The van der Waals surface area contributed by atoms with Crippen LogP contribution in [0, 0.1) is 0 Å². The molecule has 1 aliphatic heterocycles. The van der Waals surface area contributed by atoms with Crippen molar-refractivity contribution in [3.8, 4) is 0 Å². The number of halogens is 2. The number of aliphatic hydroxyl groups is 2. The number of nitrogens with two attached hydrogens (primary N) is 1. The van der Waals surface area contributed by atoms with Crippen LogP contribution < -0.4 is 11.1 Å². The van der Waals surface area contributed by atoms with Crippen LogP contribution in [0.3, 0.4) is 0 Å². The van der Waals surface area contributed by atoms with Crippen molar-refractivity contribution in [1.82, 2.24) is 9.97 Å². The van der Waals surface area contributed by atoms with Gasteiger partial charge in [0.15, 0.2) is 0 Å². The molecule has 11 nitrogen and oxygen atoms in total. The SMILES string of the molecule is CCC[C@H]1O[C@H](COC)[C@H](O)[C@H](O)[C@H]1Nc1cncc(C(F)(F)COCCOCCOCCN)n1. The van der Waals surface area contributed by atoms with Gasteiger partial charge in [-0.05, 0) is 6.42 Å². The molecular formula is C22H38F2N4O7. The maximum atomic E-state index is 14.6. The molecular weight excluding hydrogens is 470 g/mol. The number of alkyl halides is 2. The fourth-order valence-corrected chi connectivity index (χ4v) is 3.63. The molecule has 1 saturated heterocycles. The summed E-state index contributed by atoms with van der Waals surface area (Å²) >= 11 is 0. The largest absolute Gasteiger partial charge is 0.388 e. The Hall–Kier alpha value is -1.58. The Kier molecular flexibility index (Phi) is 13.1. The first-order valence-corrected chi connectivity index (χ1v) is 11.7. The fraction of sp³-hybridized carbons (Fsp3) is 0.818. The van der Waals surface area contributed by atoms with E-state index in [1.165, 1.54) is 13.3 Å². The molecule has 0 spiro atoms. The van der Waals surface area contributed by atoms with Crippen LogP contribution in [0.5, 0.6) is 0 Å². The van der Waals surface area contributed by atoms with Gasteiger partial charge in [0.2, 0.25) is 0 Å². The predicted octanol–water partition coefficient (Wildman–Crippen LogP) is 0.293. The highest BCUT2D eigenvalue weighted by Gasteiger charge is 2.44. The normalized spacial score (nSPS) is 25.1. The molecule has 0 unspecified atom stereocenters. The van der Waals surface area contributed by atoms with E-state index >= 15 is 0 Å². The van der Waals surface area contributed by atoms with E-state index in [9.17, 15) is 19.0 Å². The van der Waals surface area contributed by atoms with Gasteiger partial charge >= 0.3 is 5.92 Å². The average Bonchev–Trinajstić information content (AvgIpc) is 2.84. The molecule has 2 heterocycles. The average molecular weight is 509 g/mol. The highest BCUT2D eigenvalue weighted by Crippen LogP contribution is 2.29. The van der Waals surface area contributed by atoms with Crippen molar-refractivity contribution < 1.29 is 42.7 Å². The number of hydrogen-bond acceptors (Lipinski definition) is 11. The molecule has 0 bridgehead atoms. The summed E-state index contributed by atoms with van der Waals surface area (Å²) < 4.78 is 55.7. The van der Waals surface area contributed by atoms with E-state index in [-0.39, 0.29) is 25.6 Å². The minimum Gasteiger partial charge on any atom is -0.388 e. The summed E-state index contributed by atoms with van der Waals surface area (Å²) in [7, 11) is 1.47. The van der Waals surface area contributed by atoms with Crippen molar-refractivity contribution in [3.05, 3.63) is 18.1 Å². The van der Waals surface area contributed by atoms with Crippen LogP contribution in [-0.2, 0) is 29.6 Å². The van der Waals surface area contributed by atoms with Crippen LogP contribution in [0.1, 0.15) is 25.5 Å². The van der Waals surface area contributed by atoms with Crippen LogP contribution in [0.25, 0.3) is 0 Å². The Morgan fingerprint density at radius 3 is 2.40 bits per heavy atom. The number of methoxy groups -OCH3 is 1. The van der Waals surface area contributed by atoms with Crippen molar-refractivity contribution in [3.63, 3.8) is 0 Å². The van der Waals surface area contributed by atoms with Crippen LogP contribution >= 0.6 is 0 Å². The topological polar surface area (TPSA) is 150 Å². The minimum atomic E-state index is -3.40. The zero-order valence-electron chi connectivity index (χ0n) is 20.3. The van der Waals surface area contributed by atoms with Crippen LogP contribution in [0.4, 0.5) is 14.6 Å². The van der Waals surface area contributed by atoms with Crippen molar-refractivity contribution in [2.75, 3.05) is 65.2 Å². The maximum Gasteiger partial charge on any atom is 0.314 e. The third kappa shape index (κ3) is 9.42. The molecule has 1 fully saturated rings. The first-order chi connectivity index (χ1) is 16.8. The number of ether oxygens (including phenoxy) is 5. The number of nitrogens with one attached hydrogen (secondary N) is 1. The summed E-state index contributed by atoms with van der Waals surface area (Å²) in [6, 6.07) is -0.779. The Morgan fingerprint density at radius 2 is 1.74 bits per heavy atom. The molecule has 35 heavy (non-hydrogen) atoms. The van der Waals surface area contributed by atoms with Gasteiger partial charge in [0.25, 0.3) is 0 Å². The van der Waals surface area contributed by atoms with Gasteiger partial charge < -0.3 is 44.9 Å². The summed E-state index contributed by atoms with van der Waals surface area (Å²) in [5.41, 5.74) is 4.71. The summed E-state index contributed by atoms with van der Waals surface area (Å²) in [4.78, 5) is 7.83. The fourth-order valence-electron chi connectivity index (χ4n) is 3.63. The van der Waals surface area contributed by atoms with E-state index in [0.29, 0.717) is 32.8 Å². The van der Waals surface area contributed by atoms with Gasteiger partial charge in [-0.2, -0.15) is 8.78 Å². The molecule has 5 atom stereocenters. The lowest BCUT2D eigenvalue weighted by Gasteiger charge is -2.43. The molecule has 0 aromatic carbocycles. The number of anilines is 1.